The number of amides is 2. The molecule has 1 aromatic rings. The second kappa shape index (κ2) is 6.60. The van der Waals surface area contributed by atoms with Crippen molar-refractivity contribution in [3.63, 3.8) is 0 Å². The van der Waals surface area contributed by atoms with Crippen molar-refractivity contribution in [1.82, 2.24) is 4.90 Å². The molecule has 2 atom stereocenters. The van der Waals surface area contributed by atoms with Crippen molar-refractivity contribution in [3.8, 4) is 0 Å². The van der Waals surface area contributed by atoms with Gasteiger partial charge in [0.05, 0.1) is 0 Å². The van der Waals surface area contributed by atoms with Crippen LogP contribution >= 0.6 is 0 Å². The Morgan fingerprint density at radius 1 is 1.14 bits per heavy atom. The van der Waals surface area contributed by atoms with Gasteiger partial charge in [0.15, 0.2) is 0 Å². The Kier molecular flexibility index (Phi) is 5.01. The average molecular weight is 322 g/mol. The van der Waals surface area contributed by atoms with Crippen molar-refractivity contribution in [2.24, 2.45) is 0 Å². The predicted octanol–water partition coefficient (Wildman–Crippen LogP) is 1.65. The molecule has 0 radical (unpaired) electrons. The molecule has 2 rings (SSSR count). The maximum atomic E-state index is 12.6. The Balaban J connectivity index is 2.13. The largest absolute Gasteiger partial charge is 0.336 e. The van der Waals surface area contributed by atoms with Crippen LogP contribution in [0.1, 0.15) is 31.1 Å². The van der Waals surface area contributed by atoms with Crippen LogP contribution in [0.25, 0.3) is 0 Å². The summed E-state index contributed by atoms with van der Waals surface area (Å²) in [5.74, 6) is -0.104. The highest BCUT2D eigenvalue weighted by Crippen LogP contribution is 2.19. The maximum Gasteiger partial charge on any atom is 0.253 e. The zero-order chi connectivity index (χ0) is 16.4. The second-order valence-corrected chi connectivity index (χ2v) is 8.05. The first kappa shape index (κ1) is 16.7. The van der Waals surface area contributed by atoms with E-state index >= 15 is 0 Å². The van der Waals surface area contributed by atoms with Crippen molar-refractivity contribution in [3.05, 3.63) is 29.8 Å². The minimum absolute atomic E-state index is 0.00387. The Hall–Kier alpha value is -1.69. The van der Waals surface area contributed by atoms with E-state index in [9.17, 15) is 13.8 Å². The molecule has 1 saturated heterocycles. The van der Waals surface area contributed by atoms with Crippen molar-refractivity contribution < 1.29 is 13.8 Å². The third kappa shape index (κ3) is 3.38. The van der Waals surface area contributed by atoms with Crippen molar-refractivity contribution >= 4 is 28.3 Å². The molecule has 0 bridgehead atoms. The number of carbonyl (C=O) groups is 2. The molecule has 1 fully saturated rings. The zero-order valence-electron chi connectivity index (χ0n) is 13.4. The molecule has 1 aliphatic heterocycles. The second-order valence-electron chi connectivity index (χ2n) is 5.78. The minimum Gasteiger partial charge on any atom is -0.336 e. The molecule has 5 nitrogen and oxygen atoms in total. The van der Waals surface area contributed by atoms with E-state index in [-0.39, 0.29) is 22.3 Å². The number of anilines is 1. The minimum atomic E-state index is -0.877. The highest BCUT2D eigenvalue weighted by molar-refractivity contribution is 7.86. The van der Waals surface area contributed by atoms with Gasteiger partial charge in [-0.05, 0) is 38.1 Å². The summed E-state index contributed by atoms with van der Waals surface area (Å²) in [6.45, 7) is 6.36. The van der Waals surface area contributed by atoms with Gasteiger partial charge in [-0.15, -0.1) is 0 Å². The summed E-state index contributed by atoms with van der Waals surface area (Å²) in [6.07, 6.45) is 0. The van der Waals surface area contributed by atoms with Crippen LogP contribution in [0.15, 0.2) is 24.3 Å². The van der Waals surface area contributed by atoms with E-state index in [2.05, 4.69) is 0 Å². The van der Waals surface area contributed by atoms with Crippen LogP contribution in [-0.2, 0) is 15.6 Å². The Bertz CT molecular complexity index is 586. The molecule has 2 amide bonds. The zero-order valence-corrected chi connectivity index (χ0v) is 14.2. The van der Waals surface area contributed by atoms with Crippen LogP contribution in [0, 0.1) is 0 Å². The smallest absolute Gasteiger partial charge is 0.253 e. The quantitative estimate of drug-likeness (QED) is 0.832. The number of hydrogen-bond acceptors (Lipinski definition) is 3. The number of hydrogen-bond donors (Lipinski definition) is 0. The highest BCUT2D eigenvalue weighted by Gasteiger charge is 2.31. The molecule has 0 N–H and O–H groups in total. The molecule has 6 heteroatoms. The lowest BCUT2D eigenvalue weighted by Gasteiger charge is -2.34. The Morgan fingerprint density at radius 2 is 1.64 bits per heavy atom. The van der Waals surface area contributed by atoms with Gasteiger partial charge in [0.2, 0.25) is 5.91 Å². The molecule has 1 heterocycles. The van der Waals surface area contributed by atoms with Crippen LogP contribution in [-0.4, -0.2) is 51.6 Å². The lowest BCUT2D eigenvalue weighted by atomic mass is 10.1. The number of nitrogens with zero attached hydrogens (tertiary/aromatic N) is 2. The van der Waals surface area contributed by atoms with Gasteiger partial charge in [0.1, 0.15) is 0 Å². The van der Waals surface area contributed by atoms with E-state index in [0.717, 1.165) is 5.69 Å². The van der Waals surface area contributed by atoms with E-state index in [1.165, 1.54) is 11.8 Å². The molecule has 2 unspecified atom stereocenters. The van der Waals surface area contributed by atoms with Crippen molar-refractivity contribution in [2.75, 3.05) is 25.0 Å². The first-order valence-corrected chi connectivity index (χ1v) is 8.62. The summed E-state index contributed by atoms with van der Waals surface area (Å²) in [6, 6.07) is 7.00. The van der Waals surface area contributed by atoms with Gasteiger partial charge in [0, 0.05) is 59.6 Å². The highest BCUT2D eigenvalue weighted by atomic mass is 32.2. The average Bonchev–Trinajstić information content (AvgIpc) is 2.50. The molecule has 0 aliphatic carbocycles. The van der Waals surface area contributed by atoms with Gasteiger partial charge in [-0.25, -0.2) is 0 Å². The standard InChI is InChI=1S/C16H22N2O3S/c1-11-9-18(10-12(2)22(11)21)16(20)14-5-7-15(8-6-14)17(4)13(3)19/h5-8,11-12H,9-10H2,1-4H3. The molecule has 1 aliphatic rings. The van der Waals surface area contributed by atoms with E-state index in [1.54, 1.807) is 36.2 Å². The topological polar surface area (TPSA) is 57.7 Å². The number of benzene rings is 1. The van der Waals surface area contributed by atoms with Gasteiger partial charge >= 0.3 is 0 Å². The van der Waals surface area contributed by atoms with Crippen LogP contribution < -0.4 is 4.90 Å². The SMILES string of the molecule is CC(=O)N(C)c1ccc(C(=O)N2CC(C)S(=O)C(C)C2)cc1. The lowest BCUT2D eigenvalue weighted by molar-refractivity contribution is -0.116. The molecule has 0 aromatic heterocycles. The van der Waals surface area contributed by atoms with E-state index in [4.69, 9.17) is 0 Å². The van der Waals surface area contributed by atoms with Gasteiger partial charge in [-0.3, -0.25) is 13.8 Å². The molecular formula is C16H22N2O3S. The number of rotatable bonds is 2. The molecule has 0 spiro atoms. The van der Waals surface area contributed by atoms with E-state index < -0.39 is 10.8 Å². The Morgan fingerprint density at radius 3 is 2.09 bits per heavy atom. The van der Waals surface area contributed by atoms with Gasteiger partial charge in [-0.1, -0.05) is 0 Å². The first-order chi connectivity index (χ1) is 10.3. The van der Waals surface area contributed by atoms with E-state index in [1.807, 2.05) is 13.8 Å². The summed E-state index contributed by atoms with van der Waals surface area (Å²) in [4.78, 5) is 27.2. The van der Waals surface area contributed by atoms with Crippen LogP contribution in [0.2, 0.25) is 0 Å². The first-order valence-electron chi connectivity index (χ1n) is 7.34. The third-order valence-electron chi connectivity index (χ3n) is 4.01. The van der Waals surface area contributed by atoms with Gasteiger partial charge < -0.3 is 9.80 Å². The number of carbonyl (C=O) groups excluding carboxylic acids is 2. The molecule has 1 aromatic carbocycles. The molecular weight excluding hydrogens is 300 g/mol. The maximum absolute atomic E-state index is 12.6. The molecule has 0 saturated carbocycles. The Labute approximate surface area is 133 Å². The summed E-state index contributed by atoms with van der Waals surface area (Å²) < 4.78 is 11.9. The predicted molar refractivity (Wildman–Crippen MR) is 88.5 cm³/mol. The van der Waals surface area contributed by atoms with Gasteiger partial charge in [-0.2, -0.15) is 0 Å². The summed E-state index contributed by atoms with van der Waals surface area (Å²) >= 11 is 0. The van der Waals surface area contributed by atoms with E-state index in [0.29, 0.717) is 18.7 Å². The fourth-order valence-electron chi connectivity index (χ4n) is 2.60. The van der Waals surface area contributed by atoms with Crippen molar-refractivity contribution in [2.45, 2.75) is 31.3 Å². The summed E-state index contributed by atoms with van der Waals surface area (Å²) in [5, 5.41) is -0.00774. The van der Waals surface area contributed by atoms with Crippen LogP contribution in [0.3, 0.4) is 0 Å². The van der Waals surface area contributed by atoms with Crippen LogP contribution in [0.4, 0.5) is 5.69 Å². The third-order valence-corrected chi connectivity index (χ3v) is 5.89. The van der Waals surface area contributed by atoms with Crippen molar-refractivity contribution in [1.29, 1.82) is 0 Å². The van der Waals surface area contributed by atoms with Gasteiger partial charge in [0.25, 0.3) is 5.91 Å². The normalized spacial score (nSPS) is 24.9. The fraction of sp³-hybridized carbons (Fsp3) is 0.500. The molecule has 120 valence electrons. The monoisotopic (exact) mass is 322 g/mol. The van der Waals surface area contributed by atoms with Crippen LogP contribution in [0.5, 0.6) is 0 Å². The summed E-state index contributed by atoms with van der Waals surface area (Å²) in [5.41, 5.74) is 1.35. The fourth-order valence-corrected chi connectivity index (χ4v) is 4.04. The molecule has 22 heavy (non-hydrogen) atoms. The summed E-state index contributed by atoms with van der Waals surface area (Å²) in [7, 11) is 0.820. The lowest BCUT2D eigenvalue weighted by Crippen LogP contribution is -2.49.